The van der Waals surface area contributed by atoms with Gasteiger partial charge in [0.1, 0.15) is 18.0 Å². The van der Waals surface area contributed by atoms with Gasteiger partial charge in [-0.1, -0.05) is 62.1 Å². The molecule has 0 aliphatic heterocycles. The van der Waals surface area contributed by atoms with E-state index in [9.17, 15) is 5.11 Å². The fourth-order valence-corrected chi connectivity index (χ4v) is 2.57. The first-order valence-corrected chi connectivity index (χ1v) is 9.47. The molecular weight excluding hydrogens is 352 g/mol. The predicted octanol–water partition coefficient (Wildman–Crippen LogP) is 4.21. The van der Waals surface area contributed by atoms with Crippen molar-refractivity contribution >= 4 is 5.57 Å². The van der Waals surface area contributed by atoms with Crippen molar-refractivity contribution in [2.75, 3.05) is 0 Å². The number of allylic oxidation sites excluding steroid dienone is 2. The van der Waals surface area contributed by atoms with E-state index in [1.165, 1.54) is 0 Å². The van der Waals surface area contributed by atoms with Gasteiger partial charge in [-0.3, -0.25) is 0 Å². The SMILES string of the molecule is CCC(O)(C#CC=C(C)c1cccc(OCc2ccc(C(O)O)cc2)c1)CC. The third-order valence-corrected chi connectivity index (χ3v) is 4.74. The molecule has 2 aromatic carbocycles. The molecule has 0 atom stereocenters. The molecule has 4 nitrogen and oxygen atoms in total. The van der Waals surface area contributed by atoms with Crippen LogP contribution in [0.1, 0.15) is 56.6 Å². The minimum atomic E-state index is -1.46. The Morgan fingerprint density at radius 2 is 1.79 bits per heavy atom. The van der Waals surface area contributed by atoms with Crippen molar-refractivity contribution in [3.05, 3.63) is 71.3 Å². The molecule has 0 radical (unpaired) electrons. The lowest BCUT2D eigenvalue weighted by Gasteiger charge is -2.16. The summed E-state index contributed by atoms with van der Waals surface area (Å²) in [5.74, 6) is 6.65. The maximum Gasteiger partial charge on any atom is 0.178 e. The van der Waals surface area contributed by atoms with Gasteiger partial charge in [0.15, 0.2) is 6.29 Å². The van der Waals surface area contributed by atoms with Crippen molar-refractivity contribution in [2.45, 2.75) is 52.1 Å². The predicted molar refractivity (Wildman–Crippen MR) is 111 cm³/mol. The summed E-state index contributed by atoms with van der Waals surface area (Å²) in [6.07, 6.45) is 1.56. The van der Waals surface area contributed by atoms with Crippen molar-refractivity contribution in [1.82, 2.24) is 0 Å². The summed E-state index contributed by atoms with van der Waals surface area (Å²) in [5, 5.41) is 28.5. The van der Waals surface area contributed by atoms with Crippen molar-refractivity contribution in [3.63, 3.8) is 0 Å². The van der Waals surface area contributed by atoms with Crippen LogP contribution in [0.2, 0.25) is 0 Å². The zero-order chi connectivity index (χ0) is 20.6. The molecule has 0 heterocycles. The summed E-state index contributed by atoms with van der Waals surface area (Å²) in [5.41, 5.74) is 2.46. The van der Waals surface area contributed by atoms with E-state index in [2.05, 4.69) is 11.8 Å². The first kappa shape index (κ1) is 21.7. The zero-order valence-electron chi connectivity index (χ0n) is 16.6. The summed E-state index contributed by atoms with van der Waals surface area (Å²) in [7, 11) is 0. The lowest BCUT2D eigenvalue weighted by atomic mass is 9.98. The van der Waals surface area contributed by atoms with E-state index >= 15 is 0 Å². The number of hydrogen-bond donors (Lipinski definition) is 3. The van der Waals surface area contributed by atoms with Gasteiger partial charge in [0, 0.05) is 5.56 Å². The van der Waals surface area contributed by atoms with Gasteiger partial charge in [0.2, 0.25) is 0 Å². The Hall–Kier alpha value is -2.58. The number of rotatable bonds is 7. The molecule has 0 aliphatic rings. The third-order valence-electron chi connectivity index (χ3n) is 4.74. The van der Waals surface area contributed by atoms with E-state index in [0.717, 1.165) is 22.4 Å². The Labute approximate surface area is 167 Å². The summed E-state index contributed by atoms with van der Waals surface area (Å²) in [6, 6.07) is 14.7. The van der Waals surface area contributed by atoms with Gasteiger partial charge in [0.25, 0.3) is 0 Å². The molecule has 3 N–H and O–H groups in total. The maximum absolute atomic E-state index is 10.2. The Morgan fingerprint density at radius 1 is 1.11 bits per heavy atom. The Balaban J connectivity index is 2.05. The van der Waals surface area contributed by atoms with Crippen LogP contribution >= 0.6 is 0 Å². The summed E-state index contributed by atoms with van der Waals surface area (Å²) in [4.78, 5) is 0. The maximum atomic E-state index is 10.2. The molecule has 0 saturated carbocycles. The number of benzene rings is 2. The normalized spacial score (nSPS) is 11.9. The first-order valence-electron chi connectivity index (χ1n) is 9.47. The van der Waals surface area contributed by atoms with Gasteiger partial charge in [-0.15, -0.1) is 0 Å². The monoisotopic (exact) mass is 380 g/mol. The number of aliphatic hydroxyl groups is 3. The Morgan fingerprint density at radius 3 is 2.39 bits per heavy atom. The highest BCUT2D eigenvalue weighted by Crippen LogP contribution is 2.21. The lowest BCUT2D eigenvalue weighted by Crippen LogP contribution is -2.23. The molecule has 0 bridgehead atoms. The second-order valence-electron chi connectivity index (χ2n) is 6.77. The third kappa shape index (κ3) is 6.24. The molecule has 4 heteroatoms. The highest BCUT2D eigenvalue weighted by atomic mass is 16.5. The van der Waals surface area contributed by atoms with Crippen LogP contribution in [-0.2, 0) is 6.61 Å². The fraction of sp³-hybridized carbons (Fsp3) is 0.333. The molecule has 0 aliphatic carbocycles. The van der Waals surface area contributed by atoms with Crippen LogP contribution < -0.4 is 4.74 Å². The average Bonchev–Trinajstić information content (AvgIpc) is 2.72. The first-order chi connectivity index (χ1) is 13.4. The minimum absolute atomic E-state index is 0.383. The van der Waals surface area contributed by atoms with Crippen LogP contribution in [0.15, 0.2) is 54.6 Å². The van der Waals surface area contributed by atoms with Crippen LogP contribution in [-0.4, -0.2) is 20.9 Å². The molecule has 0 unspecified atom stereocenters. The second kappa shape index (κ2) is 10.1. The molecule has 0 spiro atoms. The van der Waals surface area contributed by atoms with E-state index in [-0.39, 0.29) is 0 Å². The van der Waals surface area contributed by atoms with Gasteiger partial charge in [-0.25, -0.2) is 0 Å². The molecule has 2 rings (SSSR count). The summed E-state index contributed by atoms with van der Waals surface area (Å²) in [6.45, 7) is 6.21. The quantitative estimate of drug-likeness (QED) is 0.497. The molecule has 0 aromatic heterocycles. The second-order valence-corrected chi connectivity index (χ2v) is 6.77. The van der Waals surface area contributed by atoms with Gasteiger partial charge >= 0.3 is 0 Å². The van der Waals surface area contributed by atoms with E-state index in [0.29, 0.717) is 25.0 Å². The van der Waals surface area contributed by atoms with E-state index in [1.54, 1.807) is 12.1 Å². The molecule has 0 fully saturated rings. The smallest absolute Gasteiger partial charge is 0.178 e. The van der Waals surface area contributed by atoms with E-state index < -0.39 is 11.9 Å². The molecule has 28 heavy (non-hydrogen) atoms. The summed E-state index contributed by atoms with van der Waals surface area (Å²) >= 11 is 0. The highest BCUT2D eigenvalue weighted by molar-refractivity contribution is 5.67. The number of aliphatic hydroxyl groups excluding tert-OH is 1. The molecular formula is C24H28O4. The number of hydrogen-bond acceptors (Lipinski definition) is 4. The van der Waals surface area contributed by atoms with Gasteiger partial charge in [-0.2, -0.15) is 0 Å². The fourth-order valence-electron chi connectivity index (χ4n) is 2.57. The minimum Gasteiger partial charge on any atom is -0.489 e. The van der Waals surface area contributed by atoms with Crippen LogP contribution in [0, 0.1) is 11.8 Å². The van der Waals surface area contributed by atoms with Crippen LogP contribution in [0.3, 0.4) is 0 Å². The standard InChI is InChI=1S/C24H28O4/c1-4-24(27,5-2)15-7-8-18(3)21-9-6-10-22(16-21)28-17-19-11-13-20(14-12-19)23(25)26/h6,8-14,16,23,25-27H,4-5,17H2,1-3H3. The Kier molecular flexibility index (Phi) is 7.83. The van der Waals surface area contributed by atoms with Crippen LogP contribution in [0.5, 0.6) is 5.75 Å². The lowest BCUT2D eigenvalue weighted by molar-refractivity contribution is -0.0425. The van der Waals surface area contributed by atoms with Crippen molar-refractivity contribution < 1.29 is 20.1 Å². The van der Waals surface area contributed by atoms with Crippen molar-refractivity contribution in [2.24, 2.45) is 0 Å². The van der Waals surface area contributed by atoms with Gasteiger partial charge in [0.05, 0.1) is 0 Å². The topological polar surface area (TPSA) is 69.9 Å². The van der Waals surface area contributed by atoms with Gasteiger partial charge in [-0.05, 0) is 54.7 Å². The number of ether oxygens (including phenoxy) is 1. The van der Waals surface area contributed by atoms with Crippen LogP contribution in [0.4, 0.5) is 0 Å². The van der Waals surface area contributed by atoms with E-state index in [4.69, 9.17) is 14.9 Å². The molecule has 148 valence electrons. The average molecular weight is 380 g/mol. The van der Waals surface area contributed by atoms with Crippen molar-refractivity contribution in [1.29, 1.82) is 0 Å². The molecule has 0 saturated heterocycles. The zero-order valence-corrected chi connectivity index (χ0v) is 16.6. The van der Waals surface area contributed by atoms with E-state index in [1.807, 2.05) is 63.2 Å². The van der Waals surface area contributed by atoms with Gasteiger partial charge < -0.3 is 20.1 Å². The Bertz CT molecular complexity index is 850. The molecule has 2 aromatic rings. The largest absolute Gasteiger partial charge is 0.489 e. The van der Waals surface area contributed by atoms with Crippen LogP contribution in [0.25, 0.3) is 5.57 Å². The summed E-state index contributed by atoms with van der Waals surface area (Å²) < 4.78 is 5.85. The highest BCUT2D eigenvalue weighted by Gasteiger charge is 2.17. The molecule has 0 amide bonds. The van der Waals surface area contributed by atoms with Crippen molar-refractivity contribution in [3.8, 4) is 17.6 Å².